The predicted molar refractivity (Wildman–Crippen MR) is 78.6 cm³/mol. The van der Waals surface area contributed by atoms with Gasteiger partial charge >= 0.3 is 5.97 Å². The van der Waals surface area contributed by atoms with E-state index < -0.39 is 5.60 Å². The molecule has 0 aliphatic carbocycles. The van der Waals surface area contributed by atoms with E-state index in [2.05, 4.69) is 4.90 Å². The van der Waals surface area contributed by atoms with Crippen molar-refractivity contribution >= 4 is 28.9 Å². The Hall–Kier alpha value is -0.580. The van der Waals surface area contributed by atoms with Gasteiger partial charge in [0.15, 0.2) is 0 Å². The lowest BCUT2D eigenvalue weighted by atomic mass is 10.1. The number of ether oxygens (including phenoxy) is 1. The molecule has 5 heteroatoms. The Morgan fingerprint density at radius 3 is 2.89 bits per heavy atom. The lowest BCUT2D eigenvalue weighted by molar-refractivity contribution is -0.160. The summed E-state index contributed by atoms with van der Waals surface area (Å²) >= 11 is 7.76. The Labute approximate surface area is 123 Å². The van der Waals surface area contributed by atoms with E-state index in [9.17, 15) is 4.79 Å². The third-order valence-electron chi connectivity index (χ3n) is 3.08. The number of hydrogen-bond acceptors (Lipinski definition) is 4. The molecule has 1 fully saturated rings. The number of hydrogen-bond donors (Lipinski definition) is 0. The van der Waals surface area contributed by atoms with Gasteiger partial charge in [-0.15, -0.1) is 11.3 Å². The largest absolute Gasteiger partial charge is 0.459 e. The molecule has 1 aliphatic heterocycles. The standard InChI is InChI=1S/C14H20ClNO2S/c1-14(2,3)18-13(17)11-5-4-7-16(11)9-12-10(15)6-8-19-12/h6,8,11H,4-5,7,9H2,1-3H3/t11-/m1/s1. The van der Waals surface area contributed by atoms with Gasteiger partial charge in [-0.3, -0.25) is 9.69 Å². The van der Waals surface area contributed by atoms with Crippen molar-refractivity contribution in [1.29, 1.82) is 0 Å². The van der Waals surface area contributed by atoms with E-state index in [1.807, 2.05) is 32.2 Å². The molecule has 0 amide bonds. The highest BCUT2D eigenvalue weighted by molar-refractivity contribution is 7.10. The van der Waals surface area contributed by atoms with Crippen molar-refractivity contribution in [1.82, 2.24) is 4.90 Å². The molecule has 2 rings (SSSR count). The van der Waals surface area contributed by atoms with Crippen LogP contribution in [0.3, 0.4) is 0 Å². The fourth-order valence-corrected chi connectivity index (χ4v) is 3.39. The minimum atomic E-state index is -0.425. The Morgan fingerprint density at radius 1 is 1.58 bits per heavy atom. The topological polar surface area (TPSA) is 29.5 Å². The van der Waals surface area contributed by atoms with E-state index in [0.29, 0.717) is 0 Å². The lowest BCUT2D eigenvalue weighted by Gasteiger charge is -2.27. The first-order valence-corrected chi connectivity index (χ1v) is 7.81. The molecule has 0 bridgehead atoms. The molecule has 0 unspecified atom stereocenters. The Kier molecular flexibility index (Phi) is 4.54. The van der Waals surface area contributed by atoms with Crippen LogP contribution >= 0.6 is 22.9 Å². The summed E-state index contributed by atoms with van der Waals surface area (Å²) in [5.74, 6) is -0.113. The van der Waals surface area contributed by atoms with Crippen molar-refractivity contribution in [3.63, 3.8) is 0 Å². The molecule has 1 atom stereocenters. The number of nitrogens with zero attached hydrogens (tertiary/aromatic N) is 1. The van der Waals surface area contributed by atoms with Gasteiger partial charge in [-0.1, -0.05) is 11.6 Å². The Balaban J connectivity index is 2.01. The van der Waals surface area contributed by atoms with E-state index in [0.717, 1.165) is 35.8 Å². The summed E-state index contributed by atoms with van der Waals surface area (Å²) in [4.78, 5) is 15.5. The van der Waals surface area contributed by atoms with Crippen molar-refractivity contribution in [2.45, 2.75) is 51.8 Å². The third-order valence-corrected chi connectivity index (χ3v) is 4.45. The number of carbonyl (C=O) groups excluding carboxylic acids is 1. The maximum atomic E-state index is 12.2. The van der Waals surface area contributed by atoms with Crippen LogP contribution in [0, 0.1) is 0 Å². The van der Waals surface area contributed by atoms with Crippen LogP contribution in [0.15, 0.2) is 11.4 Å². The highest BCUT2D eigenvalue weighted by Gasteiger charge is 2.34. The minimum absolute atomic E-state index is 0.113. The van der Waals surface area contributed by atoms with Crippen LogP contribution in [0.4, 0.5) is 0 Å². The monoisotopic (exact) mass is 301 g/mol. The third kappa shape index (κ3) is 3.94. The quantitative estimate of drug-likeness (QED) is 0.797. The van der Waals surface area contributed by atoms with Gasteiger partial charge in [-0.25, -0.2) is 0 Å². The molecule has 1 aromatic heterocycles. The summed E-state index contributed by atoms with van der Waals surface area (Å²) in [6.45, 7) is 7.37. The predicted octanol–water partition coefficient (Wildman–Crippen LogP) is 3.71. The van der Waals surface area contributed by atoms with Gasteiger partial charge in [0, 0.05) is 11.4 Å². The van der Waals surface area contributed by atoms with Crippen molar-refractivity contribution in [3.05, 3.63) is 21.3 Å². The first-order valence-electron chi connectivity index (χ1n) is 6.55. The van der Waals surface area contributed by atoms with Crippen LogP contribution in [-0.4, -0.2) is 29.1 Å². The van der Waals surface area contributed by atoms with E-state index in [4.69, 9.17) is 16.3 Å². The molecule has 3 nitrogen and oxygen atoms in total. The van der Waals surface area contributed by atoms with Gasteiger partial charge in [0.1, 0.15) is 11.6 Å². The van der Waals surface area contributed by atoms with Crippen molar-refractivity contribution < 1.29 is 9.53 Å². The first-order chi connectivity index (χ1) is 8.87. The lowest BCUT2D eigenvalue weighted by Crippen LogP contribution is -2.40. The number of esters is 1. The minimum Gasteiger partial charge on any atom is -0.459 e. The SMILES string of the molecule is CC(C)(C)OC(=O)[C@H]1CCCN1Cc1sccc1Cl. The number of likely N-dealkylation sites (tertiary alicyclic amines) is 1. The zero-order chi connectivity index (χ0) is 14.0. The van der Waals surface area contributed by atoms with Crippen LogP contribution in [0.1, 0.15) is 38.5 Å². The molecular formula is C14H20ClNO2S. The zero-order valence-corrected chi connectivity index (χ0v) is 13.2. The maximum absolute atomic E-state index is 12.2. The Morgan fingerprint density at radius 2 is 2.32 bits per heavy atom. The Bertz CT molecular complexity index is 453. The average molecular weight is 302 g/mol. The van der Waals surface area contributed by atoms with Gasteiger partial charge < -0.3 is 4.74 Å². The molecule has 19 heavy (non-hydrogen) atoms. The van der Waals surface area contributed by atoms with Gasteiger partial charge in [0.25, 0.3) is 0 Å². The molecule has 0 N–H and O–H groups in total. The summed E-state index contributed by atoms with van der Waals surface area (Å²) < 4.78 is 5.49. The maximum Gasteiger partial charge on any atom is 0.323 e. The highest BCUT2D eigenvalue weighted by atomic mass is 35.5. The van der Waals surface area contributed by atoms with E-state index in [-0.39, 0.29) is 12.0 Å². The van der Waals surface area contributed by atoms with Gasteiger partial charge in [-0.2, -0.15) is 0 Å². The zero-order valence-electron chi connectivity index (χ0n) is 11.6. The molecule has 0 radical (unpaired) electrons. The number of carbonyl (C=O) groups is 1. The van der Waals surface area contributed by atoms with Crippen LogP contribution in [0.2, 0.25) is 5.02 Å². The number of thiophene rings is 1. The van der Waals surface area contributed by atoms with Gasteiger partial charge in [0.05, 0.1) is 5.02 Å². The molecule has 1 aromatic rings. The molecule has 0 spiro atoms. The van der Waals surface area contributed by atoms with Crippen LogP contribution in [0.25, 0.3) is 0 Å². The second kappa shape index (κ2) is 5.81. The second-order valence-electron chi connectivity index (χ2n) is 5.85. The second-order valence-corrected chi connectivity index (χ2v) is 7.26. The van der Waals surface area contributed by atoms with Crippen LogP contribution in [-0.2, 0) is 16.1 Å². The van der Waals surface area contributed by atoms with E-state index in [1.54, 1.807) is 11.3 Å². The molecular weight excluding hydrogens is 282 g/mol. The van der Waals surface area contributed by atoms with Crippen LogP contribution in [0.5, 0.6) is 0 Å². The molecule has 2 heterocycles. The van der Waals surface area contributed by atoms with Crippen molar-refractivity contribution in [2.75, 3.05) is 6.54 Å². The highest BCUT2D eigenvalue weighted by Crippen LogP contribution is 2.28. The summed E-state index contributed by atoms with van der Waals surface area (Å²) in [7, 11) is 0. The summed E-state index contributed by atoms with van der Waals surface area (Å²) in [5, 5.41) is 2.77. The molecule has 106 valence electrons. The van der Waals surface area contributed by atoms with Crippen LogP contribution < -0.4 is 0 Å². The van der Waals surface area contributed by atoms with E-state index >= 15 is 0 Å². The smallest absolute Gasteiger partial charge is 0.323 e. The van der Waals surface area contributed by atoms with E-state index in [1.165, 1.54) is 0 Å². The first kappa shape index (κ1) is 14.8. The number of rotatable bonds is 3. The molecule has 1 saturated heterocycles. The molecule has 0 aromatic carbocycles. The fourth-order valence-electron chi connectivity index (χ4n) is 2.27. The molecule has 0 saturated carbocycles. The average Bonchev–Trinajstić information content (AvgIpc) is 2.87. The van der Waals surface area contributed by atoms with Gasteiger partial charge in [0.2, 0.25) is 0 Å². The van der Waals surface area contributed by atoms with Crippen molar-refractivity contribution in [3.8, 4) is 0 Å². The summed E-state index contributed by atoms with van der Waals surface area (Å²) in [6.07, 6.45) is 1.91. The molecule has 1 aliphatic rings. The summed E-state index contributed by atoms with van der Waals surface area (Å²) in [6, 6.07) is 1.78. The number of halogens is 1. The van der Waals surface area contributed by atoms with Crippen molar-refractivity contribution in [2.24, 2.45) is 0 Å². The fraction of sp³-hybridized carbons (Fsp3) is 0.643. The summed E-state index contributed by atoms with van der Waals surface area (Å²) in [5.41, 5.74) is -0.425. The van der Waals surface area contributed by atoms with Gasteiger partial charge in [-0.05, 0) is 51.6 Å². The normalized spacial score (nSPS) is 20.7.